The van der Waals surface area contributed by atoms with Crippen LogP contribution in [0.4, 0.5) is 0 Å². The number of benzene rings is 1. The molecule has 1 saturated carbocycles. The maximum absolute atomic E-state index is 11.0. The van der Waals surface area contributed by atoms with Gasteiger partial charge in [0, 0.05) is 6.54 Å². The van der Waals surface area contributed by atoms with Crippen LogP contribution in [0.25, 0.3) is 0 Å². The van der Waals surface area contributed by atoms with Gasteiger partial charge in [-0.1, -0.05) is 32.9 Å². The van der Waals surface area contributed by atoms with E-state index in [1.807, 2.05) is 12.1 Å². The van der Waals surface area contributed by atoms with Crippen molar-refractivity contribution in [3.63, 3.8) is 0 Å². The number of rotatable bonds is 5. The lowest BCUT2D eigenvalue weighted by molar-refractivity contribution is 0.0696. The number of carboxylic acids is 1. The Bertz CT molecular complexity index is 496. The molecule has 0 saturated heterocycles. The molecule has 0 heterocycles. The molecule has 1 fully saturated rings. The molecule has 0 amide bonds. The molecule has 1 aromatic rings. The van der Waals surface area contributed by atoms with Gasteiger partial charge in [0.05, 0.1) is 5.56 Å². The van der Waals surface area contributed by atoms with E-state index in [-0.39, 0.29) is 0 Å². The molecule has 0 atom stereocenters. The third-order valence-electron chi connectivity index (χ3n) is 5.01. The lowest BCUT2D eigenvalue weighted by Crippen LogP contribution is -2.30. The molecule has 0 radical (unpaired) electrons. The summed E-state index contributed by atoms with van der Waals surface area (Å²) >= 11 is 0. The first kappa shape index (κ1) is 17.0. The number of hydrogen-bond donors (Lipinski definition) is 2. The van der Waals surface area contributed by atoms with E-state index in [1.54, 1.807) is 12.1 Å². The molecule has 0 aliphatic heterocycles. The molecule has 3 nitrogen and oxygen atoms in total. The Morgan fingerprint density at radius 3 is 2.50 bits per heavy atom. The summed E-state index contributed by atoms with van der Waals surface area (Å²) in [5.74, 6) is 0.764. The van der Waals surface area contributed by atoms with Gasteiger partial charge in [0.1, 0.15) is 0 Å². The fourth-order valence-corrected chi connectivity index (χ4v) is 3.47. The minimum Gasteiger partial charge on any atom is -0.478 e. The van der Waals surface area contributed by atoms with Crippen LogP contribution in [0.15, 0.2) is 24.3 Å². The van der Waals surface area contributed by atoms with E-state index in [9.17, 15) is 4.79 Å². The summed E-state index contributed by atoms with van der Waals surface area (Å²) in [6, 6.07) is 7.19. The van der Waals surface area contributed by atoms with Crippen molar-refractivity contribution >= 4 is 5.97 Å². The van der Waals surface area contributed by atoms with E-state index in [0.717, 1.165) is 30.5 Å². The van der Waals surface area contributed by atoms with E-state index in [1.165, 1.54) is 25.7 Å². The zero-order valence-electron chi connectivity index (χ0n) is 14.1. The van der Waals surface area contributed by atoms with Crippen LogP contribution < -0.4 is 5.32 Å². The van der Waals surface area contributed by atoms with Crippen molar-refractivity contribution in [3.8, 4) is 0 Å². The Hall–Kier alpha value is -1.35. The smallest absolute Gasteiger partial charge is 0.335 e. The van der Waals surface area contributed by atoms with Crippen LogP contribution in [0.2, 0.25) is 0 Å². The lowest BCUT2D eigenvalue weighted by atomic mass is 9.70. The highest BCUT2D eigenvalue weighted by atomic mass is 16.4. The fraction of sp³-hybridized carbons (Fsp3) is 0.632. The first-order valence-electron chi connectivity index (χ1n) is 8.39. The maximum atomic E-state index is 11.0. The molecular formula is C19H29NO2. The average Bonchev–Trinajstić information content (AvgIpc) is 2.47. The van der Waals surface area contributed by atoms with Gasteiger partial charge in [-0.2, -0.15) is 0 Å². The quantitative estimate of drug-likeness (QED) is 0.851. The average molecular weight is 303 g/mol. The summed E-state index contributed by atoms with van der Waals surface area (Å²) in [4.78, 5) is 11.0. The Morgan fingerprint density at radius 2 is 1.91 bits per heavy atom. The summed E-state index contributed by atoms with van der Waals surface area (Å²) < 4.78 is 0. The molecule has 22 heavy (non-hydrogen) atoms. The highest BCUT2D eigenvalue weighted by Gasteiger charge is 2.29. The predicted octanol–water partition coefficient (Wildman–Crippen LogP) is 4.33. The minimum absolute atomic E-state index is 0.366. The molecular weight excluding hydrogens is 274 g/mol. The largest absolute Gasteiger partial charge is 0.478 e. The van der Waals surface area contributed by atoms with Gasteiger partial charge >= 0.3 is 5.97 Å². The third kappa shape index (κ3) is 4.84. The number of hydrogen-bond acceptors (Lipinski definition) is 2. The molecule has 0 spiro atoms. The minimum atomic E-state index is -0.859. The van der Waals surface area contributed by atoms with Crippen molar-refractivity contribution in [1.29, 1.82) is 0 Å². The van der Waals surface area contributed by atoms with E-state index >= 15 is 0 Å². The van der Waals surface area contributed by atoms with Gasteiger partial charge in [-0.3, -0.25) is 0 Å². The van der Waals surface area contributed by atoms with Crippen LogP contribution in [-0.2, 0) is 6.54 Å². The number of aromatic carboxylic acids is 1. The highest BCUT2D eigenvalue weighted by Crippen LogP contribution is 2.39. The number of carbonyl (C=O) groups is 1. The summed E-state index contributed by atoms with van der Waals surface area (Å²) in [6.45, 7) is 8.84. The van der Waals surface area contributed by atoms with Crippen molar-refractivity contribution in [2.45, 2.75) is 53.0 Å². The van der Waals surface area contributed by atoms with E-state index in [0.29, 0.717) is 11.0 Å². The maximum Gasteiger partial charge on any atom is 0.335 e. The Kier molecular flexibility index (Phi) is 5.63. The van der Waals surface area contributed by atoms with Gasteiger partial charge in [0.15, 0.2) is 0 Å². The SMILES string of the molecule is CC(C)(C)C1CCC(CNCc2cccc(C(=O)O)c2)CC1. The van der Waals surface area contributed by atoms with E-state index in [2.05, 4.69) is 26.1 Å². The van der Waals surface area contributed by atoms with Crippen LogP contribution in [0, 0.1) is 17.3 Å². The van der Waals surface area contributed by atoms with Gasteiger partial charge in [0.25, 0.3) is 0 Å². The van der Waals surface area contributed by atoms with Crippen LogP contribution in [0.1, 0.15) is 62.4 Å². The summed E-state index contributed by atoms with van der Waals surface area (Å²) in [6.07, 6.45) is 5.29. The molecule has 3 heteroatoms. The van der Waals surface area contributed by atoms with E-state index in [4.69, 9.17) is 5.11 Å². The second-order valence-electron chi connectivity index (χ2n) is 7.72. The standard InChI is InChI=1S/C19H29NO2/c1-19(2,3)17-9-7-14(8-10-17)12-20-13-15-5-4-6-16(11-15)18(21)22/h4-6,11,14,17,20H,7-10,12-13H2,1-3H3,(H,21,22). The molecule has 1 aromatic carbocycles. The molecule has 2 rings (SSSR count). The zero-order valence-corrected chi connectivity index (χ0v) is 14.1. The molecule has 1 aliphatic carbocycles. The molecule has 1 aliphatic rings. The second kappa shape index (κ2) is 7.28. The number of carboxylic acid groups (broad SMARTS) is 1. The normalized spacial score (nSPS) is 22.5. The van der Waals surface area contributed by atoms with Gasteiger partial charge in [-0.25, -0.2) is 4.79 Å². The Morgan fingerprint density at radius 1 is 1.23 bits per heavy atom. The van der Waals surface area contributed by atoms with Crippen LogP contribution in [0.3, 0.4) is 0 Å². The highest BCUT2D eigenvalue weighted by molar-refractivity contribution is 5.87. The molecule has 0 bridgehead atoms. The van der Waals surface area contributed by atoms with Gasteiger partial charge in [-0.15, -0.1) is 0 Å². The predicted molar refractivity (Wildman–Crippen MR) is 90.0 cm³/mol. The number of nitrogens with one attached hydrogen (secondary N) is 1. The molecule has 122 valence electrons. The van der Waals surface area contributed by atoms with E-state index < -0.39 is 5.97 Å². The van der Waals surface area contributed by atoms with Crippen molar-refractivity contribution in [1.82, 2.24) is 5.32 Å². The zero-order chi connectivity index (χ0) is 16.2. The Balaban J connectivity index is 1.74. The molecule has 0 unspecified atom stereocenters. The van der Waals surface area contributed by atoms with Crippen molar-refractivity contribution in [3.05, 3.63) is 35.4 Å². The molecule has 0 aromatic heterocycles. The topological polar surface area (TPSA) is 49.3 Å². The van der Waals surface area contributed by atoms with Gasteiger partial charge in [-0.05, 0) is 67.2 Å². The second-order valence-corrected chi connectivity index (χ2v) is 7.72. The van der Waals surface area contributed by atoms with Crippen LogP contribution in [0.5, 0.6) is 0 Å². The third-order valence-corrected chi connectivity index (χ3v) is 5.01. The first-order chi connectivity index (χ1) is 10.4. The van der Waals surface area contributed by atoms with Crippen molar-refractivity contribution in [2.24, 2.45) is 17.3 Å². The lowest BCUT2D eigenvalue weighted by Gasteiger charge is -2.37. The summed E-state index contributed by atoms with van der Waals surface area (Å²) in [7, 11) is 0. The van der Waals surface area contributed by atoms with Crippen molar-refractivity contribution < 1.29 is 9.90 Å². The summed E-state index contributed by atoms with van der Waals surface area (Å²) in [5.41, 5.74) is 1.85. The van der Waals surface area contributed by atoms with Gasteiger partial charge in [0.2, 0.25) is 0 Å². The van der Waals surface area contributed by atoms with Gasteiger partial charge < -0.3 is 10.4 Å². The van der Waals surface area contributed by atoms with Crippen molar-refractivity contribution in [2.75, 3.05) is 6.54 Å². The molecule has 2 N–H and O–H groups in total. The Labute approximate surface area is 134 Å². The van der Waals surface area contributed by atoms with Crippen LogP contribution in [-0.4, -0.2) is 17.6 Å². The van der Waals surface area contributed by atoms with Crippen LogP contribution >= 0.6 is 0 Å². The summed E-state index contributed by atoms with van der Waals surface area (Å²) in [5, 5.41) is 12.5. The fourth-order valence-electron chi connectivity index (χ4n) is 3.47. The monoisotopic (exact) mass is 303 g/mol. The first-order valence-corrected chi connectivity index (χ1v) is 8.39.